The number of halogens is 2. The monoisotopic (exact) mass is 463 g/mol. The number of piperidine rings is 1. The third-order valence-electron chi connectivity index (χ3n) is 5.81. The van der Waals surface area contributed by atoms with E-state index in [4.69, 9.17) is 4.74 Å². The van der Waals surface area contributed by atoms with E-state index in [0.29, 0.717) is 40.2 Å². The Balaban J connectivity index is 1.71. The van der Waals surface area contributed by atoms with Crippen molar-refractivity contribution in [3.8, 4) is 22.6 Å². The van der Waals surface area contributed by atoms with Crippen molar-refractivity contribution in [2.24, 2.45) is 7.05 Å². The lowest BCUT2D eigenvalue weighted by Crippen LogP contribution is -2.40. The maximum atomic E-state index is 14.3. The number of ether oxygens (including phenoxy) is 1. The summed E-state index contributed by atoms with van der Waals surface area (Å²) in [5, 5.41) is 0.601. The summed E-state index contributed by atoms with van der Waals surface area (Å²) in [5.41, 5.74) is 1.48. The highest BCUT2D eigenvalue weighted by Gasteiger charge is 2.28. The SMILES string of the molecule is Cn1cc(-c2cc(N3C(=O)CCCC3=O)ccc2Oc2ccc(F)cc2F)c2cc[nH]c(=O)c21. The summed E-state index contributed by atoms with van der Waals surface area (Å²) in [6.45, 7) is 0. The smallest absolute Gasteiger partial charge is 0.272 e. The Labute approximate surface area is 192 Å². The molecule has 2 aromatic heterocycles. The summed E-state index contributed by atoms with van der Waals surface area (Å²) in [5.74, 6) is -2.23. The Hall–Kier alpha value is -4.27. The number of carbonyl (C=O) groups is 2. The van der Waals surface area contributed by atoms with Crippen molar-refractivity contribution in [1.82, 2.24) is 9.55 Å². The summed E-state index contributed by atoms with van der Waals surface area (Å²) in [4.78, 5) is 41.2. The van der Waals surface area contributed by atoms with Crippen LogP contribution < -0.4 is 15.2 Å². The molecule has 9 heteroatoms. The third kappa shape index (κ3) is 3.64. The molecule has 0 radical (unpaired) electrons. The van der Waals surface area contributed by atoms with Crippen LogP contribution in [0, 0.1) is 11.6 Å². The molecule has 2 amide bonds. The first kappa shape index (κ1) is 21.6. The Morgan fingerprint density at radius 2 is 1.65 bits per heavy atom. The third-order valence-corrected chi connectivity index (χ3v) is 5.81. The fourth-order valence-corrected chi connectivity index (χ4v) is 4.25. The molecule has 7 nitrogen and oxygen atoms in total. The average molecular weight is 463 g/mol. The molecule has 1 N–H and O–H groups in total. The van der Waals surface area contributed by atoms with Crippen molar-refractivity contribution in [3.05, 3.63) is 76.8 Å². The molecule has 0 saturated carbocycles. The normalized spacial score (nSPS) is 14.1. The number of hydrogen-bond donors (Lipinski definition) is 1. The number of imide groups is 1. The minimum Gasteiger partial charge on any atom is -0.454 e. The second kappa shape index (κ2) is 8.26. The van der Waals surface area contributed by atoms with Gasteiger partial charge in [-0.2, -0.15) is 0 Å². The minimum atomic E-state index is -0.884. The number of aryl methyl sites for hydroxylation is 1. The van der Waals surface area contributed by atoms with Gasteiger partial charge in [-0.25, -0.2) is 8.78 Å². The summed E-state index contributed by atoms with van der Waals surface area (Å²) in [6, 6.07) is 9.36. The van der Waals surface area contributed by atoms with Gasteiger partial charge in [0.2, 0.25) is 11.8 Å². The molecule has 0 bridgehead atoms. The predicted octanol–water partition coefficient (Wildman–Crippen LogP) is 4.65. The molecule has 1 aliphatic rings. The molecule has 34 heavy (non-hydrogen) atoms. The molecule has 0 aliphatic carbocycles. The maximum Gasteiger partial charge on any atom is 0.272 e. The number of carbonyl (C=O) groups excluding carboxylic acids is 2. The Morgan fingerprint density at radius 3 is 2.38 bits per heavy atom. The number of H-pyrrole nitrogens is 1. The predicted molar refractivity (Wildman–Crippen MR) is 122 cm³/mol. The molecule has 172 valence electrons. The van der Waals surface area contributed by atoms with Gasteiger partial charge in [-0.3, -0.25) is 19.3 Å². The molecule has 1 aliphatic heterocycles. The number of pyridine rings is 1. The van der Waals surface area contributed by atoms with E-state index < -0.39 is 11.6 Å². The van der Waals surface area contributed by atoms with Crippen LogP contribution in [0.4, 0.5) is 14.5 Å². The van der Waals surface area contributed by atoms with E-state index in [1.807, 2.05) is 0 Å². The number of nitrogens with one attached hydrogen (secondary N) is 1. The number of fused-ring (bicyclic) bond motifs is 1. The number of amides is 2. The highest BCUT2D eigenvalue weighted by Crippen LogP contribution is 2.41. The van der Waals surface area contributed by atoms with Crippen LogP contribution in [-0.2, 0) is 16.6 Å². The zero-order valence-corrected chi connectivity index (χ0v) is 18.1. The van der Waals surface area contributed by atoms with Crippen LogP contribution in [0.25, 0.3) is 22.0 Å². The second-order valence-electron chi connectivity index (χ2n) is 8.06. The zero-order chi connectivity index (χ0) is 24.0. The van der Waals surface area contributed by atoms with E-state index in [0.717, 1.165) is 11.0 Å². The molecule has 3 heterocycles. The van der Waals surface area contributed by atoms with Gasteiger partial charge in [-0.15, -0.1) is 0 Å². The van der Waals surface area contributed by atoms with Crippen molar-refractivity contribution < 1.29 is 23.1 Å². The quantitative estimate of drug-likeness (QED) is 0.447. The first-order valence-corrected chi connectivity index (χ1v) is 10.6. The lowest BCUT2D eigenvalue weighted by atomic mass is 10.0. The van der Waals surface area contributed by atoms with Gasteiger partial charge in [0.05, 0.1) is 5.69 Å². The Kier molecular flexibility index (Phi) is 5.24. The lowest BCUT2D eigenvalue weighted by Gasteiger charge is -2.25. The molecule has 5 rings (SSSR count). The molecular weight excluding hydrogens is 444 g/mol. The van der Waals surface area contributed by atoms with Gasteiger partial charge in [0.25, 0.3) is 5.56 Å². The van der Waals surface area contributed by atoms with Gasteiger partial charge < -0.3 is 14.3 Å². The molecule has 4 aromatic rings. The molecular formula is C25H19F2N3O4. The molecule has 1 fully saturated rings. The maximum absolute atomic E-state index is 14.3. The first-order valence-electron chi connectivity index (χ1n) is 10.6. The van der Waals surface area contributed by atoms with E-state index in [2.05, 4.69) is 4.98 Å². The topological polar surface area (TPSA) is 84.4 Å². The molecule has 0 spiro atoms. The van der Waals surface area contributed by atoms with Crippen LogP contribution in [0.5, 0.6) is 11.5 Å². The van der Waals surface area contributed by atoms with E-state index >= 15 is 0 Å². The zero-order valence-electron chi connectivity index (χ0n) is 18.1. The van der Waals surface area contributed by atoms with E-state index in [1.165, 1.54) is 18.3 Å². The van der Waals surface area contributed by atoms with Crippen LogP contribution in [-0.4, -0.2) is 21.4 Å². The van der Waals surface area contributed by atoms with Crippen molar-refractivity contribution in [1.29, 1.82) is 0 Å². The van der Waals surface area contributed by atoms with Crippen LogP contribution >= 0.6 is 0 Å². The van der Waals surface area contributed by atoms with Gasteiger partial charge in [-0.05, 0) is 42.8 Å². The molecule has 1 saturated heterocycles. The summed E-state index contributed by atoms with van der Waals surface area (Å²) in [7, 11) is 1.71. The minimum absolute atomic E-state index is 0.196. The number of benzene rings is 2. The van der Waals surface area contributed by atoms with E-state index in [-0.39, 0.29) is 41.7 Å². The van der Waals surface area contributed by atoms with Crippen LogP contribution in [0.3, 0.4) is 0 Å². The van der Waals surface area contributed by atoms with Gasteiger partial charge >= 0.3 is 0 Å². The van der Waals surface area contributed by atoms with Crippen molar-refractivity contribution in [2.75, 3.05) is 4.90 Å². The summed E-state index contributed by atoms with van der Waals surface area (Å²) in [6.07, 6.45) is 4.23. The van der Waals surface area contributed by atoms with Gasteiger partial charge in [-0.1, -0.05) is 0 Å². The largest absolute Gasteiger partial charge is 0.454 e. The van der Waals surface area contributed by atoms with E-state index in [1.54, 1.807) is 36.0 Å². The fraction of sp³-hybridized carbons (Fsp3) is 0.160. The lowest BCUT2D eigenvalue weighted by molar-refractivity contribution is -0.129. The number of aromatic nitrogens is 2. The van der Waals surface area contributed by atoms with Crippen LogP contribution in [0.2, 0.25) is 0 Å². The van der Waals surface area contributed by atoms with Crippen molar-refractivity contribution >= 4 is 28.4 Å². The van der Waals surface area contributed by atoms with Gasteiger partial charge in [0, 0.05) is 54.9 Å². The molecule has 0 unspecified atom stereocenters. The number of nitrogens with zero attached hydrogens (tertiary/aromatic N) is 2. The number of anilines is 1. The first-order chi connectivity index (χ1) is 16.3. The van der Waals surface area contributed by atoms with Crippen molar-refractivity contribution in [2.45, 2.75) is 19.3 Å². The second-order valence-corrected chi connectivity index (χ2v) is 8.06. The van der Waals surface area contributed by atoms with E-state index in [9.17, 15) is 23.2 Å². The number of rotatable bonds is 4. The number of hydrogen-bond acceptors (Lipinski definition) is 4. The molecule has 2 aromatic carbocycles. The standard InChI is InChI=1S/C25H19F2N3O4/c1-29-13-18(16-9-10-28-25(33)24(16)29)17-12-15(30-22(31)3-2-4-23(30)32)6-8-20(17)34-21-7-5-14(26)11-19(21)27/h5-13H,2-4H2,1H3,(H,28,33). The fourth-order valence-electron chi connectivity index (χ4n) is 4.25. The Morgan fingerprint density at radius 1 is 0.912 bits per heavy atom. The van der Waals surface area contributed by atoms with Crippen LogP contribution in [0.1, 0.15) is 19.3 Å². The Bertz CT molecular complexity index is 1510. The number of aromatic amines is 1. The van der Waals surface area contributed by atoms with Gasteiger partial charge in [0.1, 0.15) is 17.1 Å². The average Bonchev–Trinajstić information content (AvgIpc) is 3.14. The summed E-state index contributed by atoms with van der Waals surface area (Å²) < 4.78 is 35.2. The van der Waals surface area contributed by atoms with Crippen LogP contribution in [0.15, 0.2) is 59.7 Å². The highest BCUT2D eigenvalue weighted by molar-refractivity contribution is 6.16. The van der Waals surface area contributed by atoms with Gasteiger partial charge in [0.15, 0.2) is 11.6 Å². The highest BCUT2D eigenvalue weighted by atomic mass is 19.1. The molecule has 0 atom stereocenters. The van der Waals surface area contributed by atoms with Crippen molar-refractivity contribution in [3.63, 3.8) is 0 Å². The summed E-state index contributed by atoms with van der Waals surface area (Å²) >= 11 is 0.